The number of amides is 1. The van der Waals surface area contributed by atoms with Crippen molar-refractivity contribution in [2.24, 2.45) is 5.73 Å². The van der Waals surface area contributed by atoms with Gasteiger partial charge in [-0.05, 0) is 35.4 Å². The summed E-state index contributed by atoms with van der Waals surface area (Å²) in [5.74, 6) is 0.411. The minimum Gasteiger partial charge on any atom is -0.493 e. The number of halogens is 1. The number of carbonyl (C=O) groups excluding carboxylic acids is 1. The van der Waals surface area contributed by atoms with Crippen LogP contribution in [-0.4, -0.2) is 17.8 Å². The monoisotopic (exact) mass is 319 g/mol. The summed E-state index contributed by atoms with van der Waals surface area (Å²) in [6.07, 6.45) is 0. The highest BCUT2D eigenvalue weighted by molar-refractivity contribution is 9.09. The number of rotatable bonds is 5. The van der Waals surface area contributed by atoms with E-state index in [0.717, 1.165) is 22.2 Å². The molecule has 0 bridgehead atoms. The fourth-order valence-corrected chi connectivity index (χ4v) is 1.91. The number of benzene rings is 2. The molecular formula is C15H14BrNO2. The Labute approximate surface area is 120 Å². The van der Waals surface area contributed by atoms with Gasteiger partial charge in [-0.2, -0.15) is 0 Å². The number of hydrogen-bond acceptors (Lipinski definition) is 2. The van der Waals surface area contributed by atoms with Crippen molar-refractivity contribution in [1.29, 1.82) is 0 Å². The molecule has 0 spiro atoms. The van der Waals surface area contributed by atoms with Crippen molar-refractivity contribution in [3.05, 3.63) is 54.1 Å². The van der Waals surface area contributed by atoms with E-state index < -0.39 is 5.91 Å². The van der Waals surface area contributed by atoms with Crippen LogP contribution in [0.25, 0.3) is 11.1 Å². The molecular weight excluding hydrogens is 306 g/mol. The number of carbonyl (C=O) groups is 1. The lowest BCUT2D eigenvalue weighted by molar-refractivity contribution is 0.100. The Morgan fingerprint density at radius 2 is 1.84 bits per heavy atom. The molecule has 98 valence electrons. The summed E-state index contributed by atoms with van der Waals surface area (Å²) in [6.45, 7) is 0.635. The third-order valence-electron chi connectivity index (χ3n) is 2.68. The molecule has 0 aliphatic rings. The van der Waals surface area contributed by atoms with Gasteiger partial charge in [-0.25, -0.2) is 0 Å². The van der Waals surface area contributed by atoms with Gasteiger partial charge in [-0.3, -0.25) is 4.79 Å². The van der Waals surface area contributed by atoms with Gasteiger partial charge in [0, 0.05) is 10.9 Å². The van der Waals surface area contributed by atoms with Gasteiger partial charge < -0.3 is 10.5 Å². The highest BCUT2D eigenvalue weighted by Crippen LogP contribution is 2.23. The average Bonchev–Trinajstić information content (AvgIpc) is 2.46. The van der Waals surface area contributed by atoms with Crippen LogP contribution in [0.15, 0.2) is 48.5 Å². The second-order valence-electron chi connectivity index (χ2n) is 4.01. The average molecular weight is 320 g/mol. The van der Waals surface area contributed by atoms with Crippen molar-refractivity contribution < 1.29 is 9.53 Å². The molecule has 0 radical (unpaired) electrons. The van der Waals surface area contributed by atoms with Gasteiger partial charge in [-0.1, -0.05) is 40.2 Å². The summed E-state index contributed by atoms with van der Waals surface area (Å²) in [7, 11) is 0. The molecule has 0 saturated carbocycles. The maximum atomic E-state index is 11.2. The summed E-state index contributed by atoms with van der Waals surface area (Å²) in [5.41, 5.74) is 7.77. The van der Waals surface area contributed by atoms with E-state index in [1.54, 1.807) is 12.1 Å². The van der Waals surface area contributed by atoms with Crippen molar-refractivity contribution in [3.8, 4) is 16.9 Å². The van der Waals surface area contributed by atoms with Crippen LogP contribution in [0.1, 0.15) is 10.4 Å². The first-order valence-electron chi connectivity index (χ1n) is 5.90. The van der Waals surface area contributed by atoms with Gasteiger partial charge in [0.25, 0.3) is 0 Å². The van der Waals surface area contributed by atoms with Crippen molar-refractivity contribution in [2.75, 3.05) is 11.9 Å². The Balaban J connectivity index is 2.22. The van der Waals surface area contributed by atoms with Crippen LogP contribution in [0.3, 0.4) is 0 Å². The van der Waals surface area contributed by atoms with Gasteiger partial charge in [0.2, 0.25) is 5.91 Å². The Hall–Kier alpha value is -1.81. The van der Waals surface area contributed by atoms with E-state index in [4.69, 9.17) is 10.5 Å². The molecule has 3 nitrogen and oxygen atoms in total. The standard InChI is InChI=1S/C15H14BrNO2/c16-8-9-19-14-6-4-11(5-7-14)12-2-1-3-13(10-12)15(17)18/h1-7,10H,8-9H2,(H2,17,18). The molecule has 2 aromatic carbocycles. The van der Waals surface area contributed by atoms with Crippen LogP contribution in [-0.2, 0) is 0 Å². The SMILES string of the molecule is NC(=O)c1cccc(-c2ccc(OCCBr)cc2)c1. The van der Waals surface area contributed by atoms with E-state index in [1.165, 1.54) is 0 Å². The molecule has 0 aliphatic heterocycles. The zero-order valence-electron chi connectivity index (χ0n) is 10.3. The normalized spacial score (nSPS) is 10.2. The lowest BCUT2D eigenvalue weighted by Crippen LogP contribution is -2.10. The summed E-state index contributed by atoms with van der Waals surface area (Å²) >= 11 is 3.31. The topological polar surface area (TPSA) is 52.3 Å². The van der Waals surface area contributed by atoms with E-state index >= 15 is 0 Å². The minimum absolute atomic E-state index is 0.417. The molecule has 1 amide bonds. The molecule has 0 saturated heterocycles. The molecule has 2 aromatic rings. The van der Waals surface area contributed by atoms with Gasteiger partial charge in [0.05, 0.1) is 6.61 Å². The molecule has 2 N–H and O–H groups in total. The Kier molecular flexibility index (Phi) is 4.58. The van der Waals surface area contributed by atoms with Crippen LogP contribution in [0.5, 0.6) is 5.75 Å². The summed E-state index contributed by atoms with van der Waals surface area (Å²) in [5, 5.41) is 0.801. The van der Waals surface area contributed by atoms with Crippen LogP contribution in [0.2, 0.25) is 0 Å². The van der Waals surface area contributed by atoms with Crippen LogP contribution in [0, 0.1) is 0 Å². The molecule has 19 heavy (non-hydrogen) atoms. The Morgan fingerprint density at radius 3 is 2.47 bits per heavy atom. The van der Waals surface area contributed by atoms with Gasteiger partial charge in [0.1, 0.15) is 5.75 Å². The molecule has 0 heterocycles. The third-order valence-corrected chi connectivity index (χ3v) is 3.00. The molecule has 0 unspecified atom stereocenters. The van der Waals surface area contributed by atoms with Gasteiger partial charge in [-0.15, -0.1) is 0 Å². The minimum atomic E-state index is -0.417. The quantitative estimate of drug-likeness (QED) is 0.860. The van der Waals surface area contributed by atoms with Crippen LogP contribution < -0.4 is 10.5 Å². The highest BCUT2D eigenvalue weighted by atomic mass is 79.9. The van der Waals surface area contributed by atoms with E-state index in [-0.39, 0.29) is 0 Å². The maximum Gasteiger partial charge on any atom is 0.248 e. The van der Waals surface area contributed by atoms with E-state index in [9.17, 15) is 4.79 Å². The summed E-state index contributed by atoms with van der Waals surface area (Å²) in [6, 6.07) is 15.0. The molecule has 2 rings (SSSR count). The number of nitrogens with two attached hydrogens (primary N) is 1. The lowest BCUT2D eigenvalue weighted by atomic mass is 10.0. The largest absolute Gasteiger partial charge is 0.493 e. The first kappa shape index (κ1) is 13.6. The fourth-order valence-electron chi connectivity index (χ4n) is 1.75. The zero-order valence-corrected chi connectivity index (χ0v) is 11.9. The zero-order chi connectivity index (χ0) is 13.7. The highest BCUT2D eigenvalue weighted by Gasteiger charge is 2.03. The summed E-state index contributed by atoms with van der Waals surface area (Å²) < 4.78 is 5.49. The smallest absolute Gasteiger partial charge is 0.248 e. The van der Waals surface area contributed by atoms with Crippen molar-refractivity contribution in [1.82, 2.24) is 0 Å². The first-order valence-corrected chi connectivity index (χ1v) is 7.02. The molecule has 0 atom stereocenters. The Morgan fingerprint density at radius 1 is 1.11 bits per heavy atom. The molecule has 4 heteroatoms. The molecule has 0 aliphatic carbocycles. The predicted octanol–water partition coefficient (Wildman–Crippen LogP) is 3.23. The number of ether oxygens (including phenoxy) is 1. The van der Waals surface area contributed by atoms with Crippen molar-refractivity contribution in [3.63, 3.8) is 0 Å². The second kappa shape index (κ2) is 6.38. The fraction of sp³-hybridized carbons (Fsp3) is 0.133. The number of alkyl halides is 1. The predicted molar refractivity (Wildman–Crippen MR) is 79.7 cm³/mol. The van der Waals surface area contributed by atoms with Gasteiger partial charge >= 0.3 is 0 Å². The molecule has 0 fully saturated rings. The maximum absolute atomic E-state index is 11.2. The lowest BCUT2D eigenvalue weighted by Gasteiger charge is -2.06. The number of hydrogen-bond donors (Lipinski definition) is 1. The van der Waals surface area contributed by atoms with Gasteiger partial charge in [0.15, 0.2) is 0 Å². The third kappa shape index (κ3) is 3.58. The Bertz CT molecular complexity index is 567. The van der Waals surface area contributed by atoms with Crippen LogP contribution in [0.4, 0.5) is 0 Å². The molecule has 0 aromatic heterocycles. The second-order valence-corrected chi connectivity index (χ2v) is 4.80. The first-order chi connectivity index (χ1) is 9.20. The van der Waals surface area contributed by atoms with E-state index in [2.05, 4.69) is 15.9 Å². The summed E-state index contributed by atoms with van der Waals surface area (Å²) in [4.78, 5) is 11.2. The van der Waals surface area contributed by atoms with E-state index in [1.807, 2.05) is 36.4 Å². The van der Waals surface area contributed by atoms with Crippen LogP contribution >= 0.6 is 15.9 Å². The van der Waals surface area contributed by atoms with Crippen molar-refractivity contribution in [2.45, 2.75) is 0 Å². The van der Waals surface area contributed by atoms with E-state index in [0.29, 0.717) is 12.2 Å². The number of primary amides is 1. The van der Waals surface area contributed by atoms with Crippen molar-refractivity contribution >= 4 is 21.8 Å².